The summed E-state index contributed by atoms with van der Waals surface area (Å²) in [5.74, 6) is 0.951. The molecular weight excluding hydrogens is 320 g/mol. The summed E-state index contributed by atoms with van der Waals surface area (Å²) in [5, 5.41) is 11.3. The van der Waals surface area contributed by atoms with Crippen LogP contribution in [0.4, 0.5) is 0 Å². The van der Waals surface area contributed by atoms with E-state index in [1.165, 1.54) is 0 Å². The number of rotatable bonds is 5. The number of hydrogen-bond acceptors (Lipinski definition) is 5. The smallest absolute Gasteiger partial charge is 0.257 e. The predicted octanol–water partition coefficient (Wildman–Crippen LogP) is 2.63. The Morgan fingerprint density at radius 2 is 2.08 bits per heavy atom. The lowest BCUT2D eigenvalue weighted by Crippen LogP contribution is -2.24. The lowest BCUT2D eigenvalue weighted by molar-refractivity contribution is 0.0949. The van der Waals surface area contributed by atoms with Crippen LogP contribution in [0, 0.1) is 13.8 Å². The number of carbonyl (C=O) groups excluding carboxylic acids is 1. The zero-order chi connectivity index (χ0) is 18.0. The first-order valence-corrected chi connectivity index (χ1v) is 7.88. The van der Waals surface area contributed by atoms with Crippen molar-refractivity contribution in [1.29, 1.82) is 0 Å². The quantitative estimate of drug-likeness (QED) is 0.772. The summed E-state index contributed by atoms with van der Waals surface area (Å²) < 4.78 is 12.3. The minimum Gasteiger partial charge on any atom is -0.496 e. The van der Waals surface area contributed by atoms with Crippen molar-refractivity contribution in [3.63, 3.8) is 0 Å². The molecular formula is C18H20N4O3. The van der Waals surface area contributed by atoms with Gasteiger partial charge in [-0.25, -0.2) is 0 Å². The van der Waals surface area contributed by atoms with Crippen molar-refractivity contribution in [3.8, 4) is 17.0 Å². The van der Waals surface area contributed by atoms with Gasteiger partial charge in [-0.05, 0) is 19.9 Å². The van der Waals surface area contributed by atoms with Gasteiger partial charge in [0.2, 0.25) is 0 Å². The molecule has 130 valence electrons. The first-order valence-electron chi connectivity index (χ1n) is 7.88. The van der Waals surface area contributed by atoms with Gasteiger partial charge in [0.1, 0.15) is 22.8 Å². The van der Waals surface area contributed by atoms with E-state index in [2.05, 4.69) is 15.6 Å². The second-order valence-corrected chi connectivity index (χ2v) is 5.76. The molecule has 25 heavy (non-hydrogen) atoms. The molecule has 7 nitrogen and oxygen atoms in total. The van der Waals surface area contributed by atoms with Crippen LogP contribution in [0.15, 0.2) is 35.0 Å². The predicted molar refractivity (Wildman–Crippen MR) is 92.3 cm³/mol. The summed E-state index contributed by atoms with van der Waals surface area (Å²) in [5.41, 5.74) is 3.38. The van der Waals surface area contributed by atoms with Crippen molar-refractivity contribution in [2.24, 2.45) is 7.05 Å². The molecule has 0 aliphatic rings. The van der Waals surface area contributed by atoms with E-state index in [1.807, 2.05) is 44.4 Å². The highest BCUT2D eigenvalue weighted by molar-refractivity contribution is 6.00. The van der Waals surface area contributed by atoms with E-state index in [0.717, 1.165) is 22.6 Å². The lowest BCUT2D eigenvalue weighted by atomic mass is 10.1. The van der Waals surface area contributed by atoms with Crippen LogP contribution >= 0.6 is 0 Å². The van der Waals surface area contributed by atoms with Gasteiger partial charge in [0.05, 0.1) is 12.8 Å². The van der Waals surface area contributed by atoms with E-state index in [-0.39, 0.29) is 5.91 Å². The Morgan fingerprint density at radius 1 is 1.32 bits per heavy atom. The molecule has 0 spiro atoms. The molecule has 3 rings (SSSR count). The van der Waals surface area contributed by atoms with Gasteiger partial charge in [0.25, 0.3) is 5.91 Å². The molecule has 7 heteroatoms. The maximum atomic E-state index is 12.7. The van der Waals surface area contributed by atoms with Crippen LogP contribution in [0.1, 0.15) is 27.4 Å². The Morgan fingerprint density at radius 3 is 2.76 bits per heavy atom. The van der Waals surface area contributed by atoms with Gasteiger partial charge in [-0.15, -0.1) is 0 Å². The highest BCUT2D eigenvalue weighted by Gasteiger charge is 2.24. The average Bonchev–Trinajstić information content (AvgIpc) is 3.14. The minimum atomic E-state index is -0.247. The van der Waals surface area contributed by atoms with Crippen molar-refractivity contribution in [3.05, 3.63) is 53.0 Å². The Labute approximate surface area is 145 Å². The number of hydrogen-bond donors (Lipinski definition) is 1. The molecule has 0 bridgehead atoms. The molecule has 2 heterocycles. The Hall–Kier alpha value is -3.09. The molecule has 0 atom stereocenters. The van der Waals surface area contributed by atoms with Gasteiger partial charge in [0.15, 0.2) is 0 Å². The first-order chi connectivity index (χ1) is 12.0. The van der Waals surface area contributed by atoms with Crippen LogP contribution in [0.2, 0.25) is 0 Å². The first kappa shape index (κ1) is 16.8. The van der Waals surface area contributed by atoms with E-state index >= 15 is 0 Å². The number of carbonyl (C=O) groups is 1. The van der Waals surface area contributed by atoms with Crippen molar-refractivity contribution < 1.29 is 14.1 Å². The third kappa shape index (κ3) is 3.26. The summed E-state index contributed by atoms with van der Waals surface area (Å²) in [7, 11) is 3.43. The van der Waals surface area contributed by atoms with E-state index in [9.17, 15) is 4.79 Å². The van der Waals surface area contributed by atoms with Gasteiger partial charge in [-0.2, -0.15) is 5.10 Å². The van der Waals surface area contributed by atoms with Crippen LogP contribution in [0.3, 0.4) is 0 Å². The molecule has 0 saturated heterocycles. The number of amides is 1. The standard InChI is InChI=1S/C18H20N4O3/c1-11-14(10-22(3)20-11)17-16(12(2)25-21-17)18(23)19-9-13-7-5-6-8-15(13)24-4/h5-8,10H,9H2,1-4H3,(H,19,23). The van der Waals surface area contributed by atoms with Gasteiger partial charge in [0, 0.05) is 30.9 Å². The van der Waals surface area contributed by atoms with Crippen LogP contribution in [-0.4, -0.2) is 28.0 Å². The highest BCUT2D eigenvalue weighted by Crippen LogP contribution is 2.27. The number of aromatic nitrogens is 3. The van der Waals surface area contributed by atoms with Gasteiger partial charge >= 0.3 is 0 Å². The lowest BCUT2D eigenvalue weighted by Gasteiger charge is -2.09. The van der Waals surface area contributed by atoms with Crippen molar-refractivity contribution in [2.75, 3.05) is 7.11 Å². The van der Waals surface area contributed by atoms with Crippen LogP contribution in [-0.2, 0) is 13.6 Å². The fourth-order valence-electron chi connectivity index (χ4n) is 2.77. The summed E-state index contributed by atoms with van der Waals surface area (Å²) in [6.07, 6.45) is 1.82. The number of nitrogens with zero attached hydrogens (tertiary/aromatic N) is 3. The Bertz CT molecular complexity index is 911. The molecule has 0 radical (unpaired) electrons. The Kier molecular flexibility index (Phi) is 4.56. The number of nitrogens with one attached hydrogen (secondary N) is 1. The average molecular weight is 340 g/mol. The third-order valence-corrected chi connectivity index (χ3v) is 3.99. The van der Waals surface area contributed by atoms with Gasteiger partial charge < -0.3 is 14.6 Å². The largest absolute Gasteiger partial charge is 0.496 e. The molecule has 1 N–H and O–H groups in total. The molecule has 1 amide bonds. The summed E-state index contributed by atoms with van der Waals surface area (Å²) >= 11 is 0. The number of ether oxygens (including phenoxy) is 1. The number of methoxy groups -OCH3 is 1. The topological polar surface area (TPSA) is 82.2 Å². The van der Waals surface area contributed by atoms with Crippen LogP contribution in [0.25, 0.3) is 11.3 Å². The SMILES string of the molecule is COc1ccccc1CNC(=O)c1c(-c2cn(C)nc2C)noc1C. The zero-order valence-electron chi connectivity index (χ0n) is 14.7. The van der Waals surface area contributed by atoms with Crippen molar-refractivity contribution in [1.82, 2.24) is 20.3 Å². The minimum absolute atomic E-state index is 0.247. The van der Waals surface area contributed by atoms with Gasteiger partial charge in [-0.1, -0.05) is 23.4 Å². The van der Waals surface area contributed by atoms with E-state index in [4.69, 9.17) is 9.26 Å². The summed E-state index contributed by atoms with van der Waals surface area (Å²) in [6.45, 7) is 3.94. The number of aryl methyl sites for hydroxylation is 3. The van der Waals surface area contributed by atoms with E-state index < -0.39 is 0 Å². The molecule has 2 aromatic heterocycles. The number of benzene rings is 1. The fraction of sp³-hybridized carbons (Fsp3) is 0.278. The monoisotopic (exact) mass is 340 g/mol. The summed E-state index contributed by atoms with van der Waals surface area (Å²) in [4.78, 5) is 12.7. The fourth-order valence-corrected chi connectivity index (χ4v) is 2.77. The summed E-state index contributed by atoms with van der Waals surface area (Å²) in [6, 6.07) is 7.55. The number of para-hydroxylation sites is 1. The second kappa shape index (κ2) is 6.80. The van der Waals surface area contributed by atoms with E-state index in [0.29, 0.717) is 23.6 Å². The van der Waals surface area contributed by atoms with E-state index in [1.54, 1.807) is 18.7 Å². The molecule has 0 aliphatic heterocycles. The second-order valence-electron chi connectivity index (χ2n) is 5.76. The maximum absolute atomic E-state index is 12.7. The molecule has 3 aromatic rings. The molecule has 0 fully saturated rings. The van der Waals surface area contributed by atoms with Crippen molar-refractivity contribution in [2.45, 2.75) is 20.4 Å². The Balaban J connectivity index is 1.86. The zero-order valence-corrected chi connectivity index (χ0v) is 14.7. The van der Waals surface area contributed by atoms with Gasteiger partial charge in [-0.3, -0.25) is 9.48 Å². The molecule has 1 aromatic carbocycles. The van der Waals surface area contributed by atoms with Crippen molar-refractivity contribution >= 4 is 5.91 Å². The molecule has 0 unspecified atom stereocenters. The van der Waals surface area contributed by atoms with Crippen LogP contribution < -0.4 is 10.1 Å². The normalized spacial score (nSPS) is 10.7. The maximum Gasteiger partial charge on any atom is 0.257 e. The van der Waals surface area contributed by atoms with Crippen LogP contribution in [0.5, 0.6) is 5.75 Å². The molecule has 0 saturated carbocycles. The molecule has 0 aliphatic carbocycles. The highest BCUT2D eigenvalue weighted by atomic mass is 16.5. The third-order valence-electron chi connectivity index (χ3n) is 3.99.